The fourth-order valence-electron chi connectivity index (χ4n) is 1.83. The van der Waals surface area contributed by atoms with Gasteiger partial charge in [-0.1, -0.05) is 0 Å². The fraction of sp³-hybridized carbons (Fsp3) is 0.267. The van der Waals surface area contributed by atoms with E-state index >= 15 is 0 Å². The number of halogens is 3. The number of benzene rings is 1. The van der Waals surface area contributed by atoms with Crippen molar-refractivity contribution in [3.05, 3.63) is 46.0 Å². The van der Waals surface area contributed by atoms with E-state index in [1.807, 2.05) is 0 Å². The maximum Gasteiger partial charge on any atom is 0.416 e. The van der Waals surface area contributed by atoms with Crippen LogP contribution in [0.1, 0.15) is 26.5 Å². The Hall–Kier alpha value is -2.42. The Bertz CT molecular complexity index is 754. The van der Waals surface area contributed by atoms with Crippen LogP contribution in [-0.4, -0.2) is 24.0 Å². The van der Waals surface area contributed by atoms with Gasteiger partial charge in [-0.25, -0.2) is 4.98 Å². The fourth-order valence-corrected chi connectivity index (χ4v) is 2.77. The average molecular weight is 358 g/mol. The lowest BCUT2D eigenvalue weighted by Gasteiger charge is -2.07. The van der Waals surface area contributed by atoms with E-state index in [1.54, 1.807) is 6.92 Å². The molecule has 2 rings (SSSR count). The van der Waals surface area contributed by atoms with Crippen LogP contribution in [0.5, 0.6) is 0 Å². The molecule has 0 saturated heterocycles. The predicted octanol–water partition coefficient (Wildman–Crippen LogP) is 3.44. The molecule has 1 N–H and O–H groups in total. The van der Waals surface area contributed by atoms with Crippen molar-refractivity contribution in [3.8, 4) is 0 Å². The molecule has 0 aliphatic carbocycles. The molecule has 24 heavy (non-hydrogen) atoms. The molecule has 0 fully saturated rings. The van der Waals surface area contributed by atoms with Gasteiger partial charge in [0.05, 0.1) is 24.8 Å². The molecule has 0 bridgehead atoms. The number of esters is 1. The zero-order valence-electron chi connectivity index (χ0n) is 12.7. The van der Waals surface area contributed by atoms with Crippen molar-refractivity contribution in [1.82, 2.24) is 4.98 Å². The Kier molecular flexibility index (Phi) is 5.23. The normalized spacial score (nSPS) is 11.2. The van der Waals surface area contributed by atoms with Gasteiger partial charge in [0.25, 0.3) is 5.91 Å². The number of carbonyl (C=O) groups excluding carboxylic acids is 2. The molecule has 1 heterocycles. The first-order chi connectivity index (χ1) is 11.2. The third-order valence-electron chi connectivity index (χ3n) is 3.12. The Labute approximate surface area is 139 Å². The second kappa shape index (κ2) is 7.00. The molecule has 5 nitrogen and oxygen atoms in total. The monoisotopic (exact) mass is 358 g/mol. The highest BCUT2D eigenvalue weighted by Crippen LogP contribution is 2.29. The van der Waals surface area contributed by atoms with Crippen molar-refractivity contribution >= 4 is 28.3 Å². The Morgan fingerprint density at radius 1 is 1.25 bits per heavy atom. The molecule has 0 atom stereocenters. The number of ether oxygens (including phenoxy) is 1. The summed E-state index contributed by atoms with van der Waals surface area (Å²) in [4.78, 5) is 28.1. The molecule has 0 aliphatic rings. The van der Waals surface area contributed by atoms with E-state index in [0.717, 1.165) is 35.6 Å². The summed E-state index contributed by atoms with van der Waals surface area (Å²) < 4.78 is 42.1. The van der Waals surface area contributed by atoms with Crippen LogP contribution in [0.25, 0.3) is 0 Å². The van der Waals surface area contributed by atoms with Crippen LogP contribution < -0.4 is 5.32 Å². The molecule has 0 unspecified atom stereocenters. The number of aromatic nitrogens is 1. The lowest BCUT2D eigenvalue weighted by molar-refractivity contribution is -0.140. The lowest BCUT2D eigenvalue weighted by Crippen LogP contribution is -2.12. The summed E-state index contributed by atoms with van der Waals surface area (Å²) in [5, 5.41) is 2.76. The van der Waals surface area contributed by atoms with E-state index < -0.39 is 23.6 Å². The molecule has 0 spiro atoms. The van der Waals surface area contributed by atoms with Gasteiger partial charge in [0.2, 0.25) is 0 Å². The molecule has 0 aliphatic heterocycles. The number of rotatable bonds is 4. The van der Waals surface area contributed by atoms with Crippen LogP contribution in [0.2, 0.25) is 0 Å². The quantitative estimate of drug-likeness (QED) is 0.850. The van der Waals surface area contributed by atoms with Crippen LogP contribution in [0.4, 0.5) is 18.3 Å². The van der Waals surface area contributed by atoms with E-state index in [2.05, 4.69) is 15.0 Å². The molecule has 0 saturated carbocycles. The van der Waals surface area contributed by atoms with Crippen molar-refractivity contribution in [2.45, 2.75) is 19.5 Å². The van der Waals surface area contributed by atoms with Crippen molar-refractivity contribution in [2.75, 3.05) is 12.4 Å². The smallest absolute Gasteiger partial charge is 0.416 e. The molecule has 128 valence electrons. The number of aryl methyl sites for hydroxylation is 1. The molecule has 1 aromatic heterocycles. The summed E-state index contributed by atoms with van der Waals surface area (Å²) in [5.41, 5.74) is -0.178. The third-order valence-corrected chi connectivity index (χ3v) is 4.19. The zero-order chi connectivity index (χ0) is 17.9. The predicted molar refractivity (Wildman–Crippen MR) is 82.0 cm³/mol. The Morgan fingerprint density at radius 3 is 2.42 bits per heavy atom. The number of hydrogen-bond acceptors (Lipinski definition) is 5. The second-order valence-electron chi connectivity index (χ2n) is 4.81. The third kappa shape index (κ3) is 4.31. The standard InChI is InChI=1S/C15H13F3N2O3S/c1-8-11(7-12(21)23-2)24-14(19-8)20-13(22)9-3-5-10(6-4-9)15(16,17)18/h3-6H,7H2,1-2H3,(H,19,20,22). The number of amides is 1. The van der Waals surface area contributed by atoms with Gasteiger partial charge in [-0.2, -0.15) is 13.2 Å². The molecule has 2 aromatic rings. The Balaban J connectivity index is 2.09. The second-order valence-corrected chi connectivity index (χ2v) is 5.89. The van der Waals surface area contributed by atoms with Crippen LogP contribution in [0.15, 0.2) is 24.3 Å². The van der Waals surface area contributed by atoms with Gasteiger partial charge in [-0.05, 0) is 31.2 Å². The van der Waals surface area contributed by atoms with E-state index in [1.165, 1.54) is 7.11 Å². The topological polar surface area (TPSA) is 68.3 Å². The van der Waals surface area contributed by atoms with Gasteiger partial charge in [-0.15, -0.1) is 11.3 Å². The summed E-state index contributed by atoms with van der Waals surface area (Å²) in [5.74, 6) is -1.01. The van der Waals surface area contributed by atoms with Crippen molar-refractivity contribution in [3.63, 3.8) is 0 Å². The van der Waals surface area contributed by atoms with Crippen molar-refractivity contribution < 1.29 is 27.5 Å². The maximum absolute atomic E-state index is 12.5. The number of nitrogens with zero attached hydrogens (tertiary/aromatic N) is 1. The molecule has 9 heteroatoms. The largest absolute Gasteiger partial charge is 0.469 e. The number of nitrogens with one attached hydrogen (secondary N) is 1. The van der Waals surface area contributed by atoms with Crippen molar-refractivity contribution in [1.29, 1.82) is 0 Å². The lowest BCUT2D eigenvalue weighted by atomic mass is 10.1. The number of hydrogen-bond donors (Lipinski definition) is 1. The van der Waals surface area contributed by atoms with Gasteiger partial charge in [-0.3, -0.25) is 14.9 Å². The molecule has 0 radical (unpaired) electrons. The SMILES string of the molecule is COC(=O)Cc1sc(NC(=O)c2ccc(C(F)(F)F)cc2)nc1C. The maximum atomic E-state index is 12.5. The zero-order valence-corrected chi connectivity index (χ0v) is 13.5. The number of thiazole rings is 1. The molecular formula is C15H13F3N2O3S. The summed E-state index contributed by atoms with van der Waals surface area (Å²) >= 11 is 1.11. The number of alkyl halides is 3. The summed E-state index contributed by atoms with van der Waals surface area (Å²) in [6.07, 6.45) is -4.42. The first-order valence-electron chi connectivity index (χ1n) is 6.72. The van der Waals surface area contributed by atoms with E-state index in [4.69, 9.17) is 0 Å². The highest BCUT2D eigenvalue weighted by molar-refractivity contribution is 7.16. The first-order valence-corrected chi connectivity index (χ1v) is 7.54. The van der Waals surface area contributed by atoms with E-state index in [9.17, 15) is 22.8 Å². The van der Waals surface area contributed by atoms with Gasteiger partial charge in [0, 0.05) is 10.4 Å². The highest BCUT2D eigenvalue weighted by Gasteiger charge is 2.30. The van der Waals surface area contributed by atoms with Gasteiger partial charge in [0.15, 0.2) is 5.13 Å². The average Bonchev–Trinajstić information content (AvgIpc) is 2.85. The van der Waals surface area contributed by atoms with Crippen LogP contribution in [0.3, 0.4) is 0 Å². The van der Waals surface area contributed by atoms with Crippen LogP contribution >= 0.6 is 11.3 Å². The van der Waals surface area contributed by atoms with Gasteiger partial charge >= 0.3 is 12.1 Å². The molecule has 1 amide bonds. The Morgan fingerprint density at radius 2 is 1.88 bits per heavy atom. The van der Waals surface area contributed by atoms with Gasteiger partial charge < -0.3 is 4.74 Å². The van der Waals surface area contributed by atoms with Crippen molar-refractivity contribution in [2.24, 2.45) is 0 Å². The van der Waals surface area contributed by atoms with Gasteiger partial charge in [0.1, 0.15) is 0 Å². The summed E-state index contributed by atoms with van der Waals surface area (Å²) in [7, 11) is 1.27. The summed E-state index contributed by atoms with van der Waals surface area (Å²) in [6.45, 7) is 1.68. The van der Waals surface area contributed by atoms with Crippen LogP contribution in [0, 0.1) is 6.92 Å². The number of anilines is 1. The number of carbonyl (C=O) groups is 2. The van der Waals surface area contributed by atoms with E-state index in [0.29, 0.717) is 10.6 Å². The minimum atomic E-state index is -4.45. The summed E-state index contributed by atoms with van der Waals surface area (Å²) in [6, 6.07) is 3.86. The first kappa shape index (κ1) is 17.9. The molecule has 1 aromatic carbocycles. The number of methoxy groups -OCH3 is 1. The van der Waals surface area contributed by atoms with E-state index in [-0.39, 0.29) is 17.1 Å². The minimum Gasteiger partial charge on any atom is -0.469 e. The highest BCUT2D eigenvalue weighted by atomic mass is 32.1. The molecular weight excluding hydrogens is 345 g/mol. The van der Waals surface area contributed by atoms with Crippen LogP contribution in [-0.2, 0) is 22.1 Å². The minimum absolute atomic E-state index is 0.0378.